The van der Waals surface area contributed by atoms with Crippen molar-refractivity contribution in [2.45, 2.75) is 6.54 Å². The molecule has 0 unspecified atom stereocenters. The summed E-state index contributed by atoms with van der Waals surface area (Å²) in [5.74, 6) is -0.827. The zero-order valence-corrected chi connectivity index (χ0v) is 14.2. The number of sulfonamides is 1. The number of amides is 4. The molecule has 0 saturated carbocycles. The number of carbonyl (C=O) groups is 3. The molecule has 134 valence electrons. The van der Waals surface area contributed by atoms with Crippen LogP contribution >= 0.6 is 0 Å². The van der Waals surface area contributed by atoms with Crippen LogP contribution in [0.1, 0.15) is 15.9 Å². The van der Waals surface area contributed by atoms with E-state index in [-0.39, 0.29) is 50.3 Å². The van der Waals surface area contributed by atoms with Gasteiger partial charge >= 0.3 is 6.03 Å². The molecule has 0 aliphatic carbocycles. The van der Waals surface area contributed by atoms with E-state index in [4.69, 9.17) is 0 Å². The van der Waals surface area contributed by atoms with Gasteiger partial charge in [-0.15, -0.1) is 0 Å². The molecule has 2 fully saturated rings. The highest BCUT2D eigenvalue weighted by molar-refractivity contribution is 7.89. The van der Waals surface area contributed by atoms with Crippen LogP contribution in [0.4, 0.5) is 4.79 Å². The van der Waals surface area contributed by atoms with E-state index >= 15 is 0 Å². The van der Waals surface area contributed by atoms with Crippen molar-refractivity contribution in [1.82, 2.24) is 19.8 Å². The van der Waals surface area contributed by atoms with Crippen molar-refractivity contribution in [2.75, 3.05) is 31.9 Å². The maximum Gasteiger partial charge on any atom is 0.324 e. The van der Waals surface area contributed by atoms with Crippen LogP contribution in [-0.4, -0.2) is 68.0 Å². The molecule has 4 amide bonds. The number of hydrogen-bond donors (Lipinski definition) is 2. The molecular weight excluding hydrogens is 348 g/mol. The van der Waals surface area contributed by atoms with Crippen LogP contribution in [0.15, 0.2) is 24.3 Å². The molecule has 2 heterocycles. The normalized spacial score (nSPS) is 20.3. The number of nitrogens with zero attached hydrogens (tertiary/aromatic N) is 2. The fourth-order valence-electron chi connectivity index (χ4n) is 2.78. The van der Waals surface area contributed by atoms with Crippen molar-refractivity contribution < 1.29 is 22.8 Å². The molecule has 2 saturated heterocycles. The number of nitrogens with one attached hydrogen (secondary N) is 2. The first-order valence-electron chi connectivity index (χ1n) is 7.80. The summed E-state index contributed by atoms with van der Waals surface area (Å²) in [5, 5.41) is 2.44. The van der Waals surface area contributed by atoms with Gasteiger partial charge in [-0.05, 0) is 11.6 Å². The van der Waals surface area contributed by atoms with Crippen LogP contribution in [0, 0.1) is 0 Å². The highest BCUT2D eigenvalue weighted by atomic mass is 32.2. The van der Waals surface area contributed by atoms with E-state index in [9.17, 15) is 22.8 Å². The standard InChI is InChI=1S/C15H18N4O5S/c20-13-9-16-15(22)19(13)10-11-3-1-2-4-12(11)14(21)18-6-5-17-25(23,24)8-7-18/h1-4,17H,5-10H2,(H,16,22). The number of imide groups is 1. The summed E-state index contributed by atoms with van der Waals surface area (Å²) >= 11 is 0. The lowest BCUT2D eigenvalue weighted by molar-refractivity contribution is -0.125. The fourth-order valence-corrected chi connectivity index (χ4v) is 3.78. The van der Waals surface area contributed by atoms with Gasteiger partial charge in [-0.3, -0.25) is 14.5 Å². The Morgan fingerprint density at radius 1 is 1.16 bits per heavy atom. The first-order chi connectivity index (χ1) is 11.9. The largest absolute Gasteiger partial charge is 0.336 e. The van der Waals surface area contributed by atoms with E-state index in [1.54, 1.807) is 24.3 Å². The van der Waals surface area contributed by atoms with Crippen LogP contribution in [0.3, 0.4) is 0 Å². The van der Waals surface area contributed by atoms with Crippen molar-refractivity contribution in [3.63, 3.8) is 0 Å². The summed E-state index contributed by atoms with van der Waals surface area (Å²) < 4.78 is 25.6. The topological polar surface area (TPSA) is 116 Å². The Hall–Kier alpha value is -2.46. The van der Waals surface area contributed by atoms with Gasteiger partial charge in [0.1, 0.15) is 0 Å². The molecule has 2 aliphatic rings. The predicted molar refractivity (Wildman–Crippen MR) is 88.1 cm³/mol. The van der Waals surface area contributed by atoms with E-state index in [0.717, 1.165) is 4.90 Å². The van der Waals surface area contributed by atoms with Gasteiger partial charge in [0.05, 0.1) is 18.8 Å². The van der Waals surface area contributed by atoms with Gasteiger partial charge in [0.15, 0.2) is 0 Å². The van der Waals surface area contributed by atoms with Gasteiger partial charge in [-0.1, -0.05) is 18.2 Å². The Morgan fingerprint density at radius 3 is 2.64 bits per heavy atom. The van der Waals surface area contributed by atoms with Gasteiger partial charge < -0.3 is 10.2 Å². The molecule has 9 nitrogen and oxygen atoms in total. The Bertz CT molecular complexity index is 807. The minimum Gasteiger partial charge on any atom is -0.336 e. The maximum absolute atomic E-state index is 12.8. The number of benzene rings is 1. The molecule has 10 heteroatoms. The lowest BCUT2D eigenvalue weighted by atomic mass is 10.1. The number of carbonyl (C=O) groups excluding carboxylic acids is 3. The summed E-state index contributed by atoms with van der Waals surface area (Å²) in [6.45, 7) is 0.450. The van der Waals surface area contributed by atoms with Crippen molar-refractivity contribution >= 4 is 27.9 Å². The highest BCUT2D eigenvalue weighted by Gasteiger charge is 2.30. The average Bonchev–Trinajstić information content (AvgIpc) is 2.79. The molecule has 0 aromatic heterocycles. The molecule has 1 aromatic rings. The molecule has 3 rings (SSSR count). The smallest absolute Gasteiger partial charge is 0.324 e. The Kier molecular flexibility index (Phi) is 4.73. The van der Waals surface area contributed by atoms with Crippen LogP contribution < -0.4 is 10.0 Å². The van der Waals surface area contributed by atoms with E-state index in [1.807, 2.05) is 0 Å². The van der Waals surface area contributed by atoms with Crippen LogP contribution in [0.25, 0.3) is 0 Å². The van der Waals surface area contributed by atoms with Crippen LogP contribution in [-0.2, 0) is 21.4 Å². The molecule has 0 radical (unpaired) electrons. The average molecular weight is 366 g/mol. The van der Waals surface area contributed by atoms with Crippen molar-refractivity contribution in [3.05, 3.63) is 35.4 Å². The third-order valence-corrected chi connectivity index (χ3v) is 5.50. The predicted octanol–water partition coefficient (Wildman–Crippen LogP) is -0.886. The summed E-state index contributed by atoms with van der Waals surface area (Å²) in [6, 6.07) is 6.22. The van der Waals surface area contributed by atoms with E-state index in [1.165, 1.54) is 4.90 Å². The van der Waals surface area contributed by atoms with E-state index in [2.05, 4.69) is 10.0 Å². The molecule has 25 heavy (non-hydrogen) atoms. The molecule has 0 atom stereocenters. The highest BCUT2D eigenvalue weighted by Crippen LogP contribution is 2.16. The van der Waals surface area contributed by atoms with Crippen molar-refractivity contribution in [1.29, 1.82) is 0 Å². The zero-order valence-electron chi connectivity index (χ0n) is 13.4. The van der Waals surface area contributed by atoms with Crippen LogP contribution in [0.5, 0.6) is 0 Å². The quantitative estimate of drug-likeness (QED) is 0.674. The second-order valence-corrected chi connectivity index (χ2v) is 7.73. The number of rotatable bonds is 3. The van der Waals surface area contributed by atoms with Crippen molar-refractivity contribution in [3.8, 4) is 0 Å². The molecular formula is C15H18N4O5S. The third-order valence-electron chi connectivity index (χ3n) is 4.13. The van der Waals surface area contributed by atoms with E-state index < -0.39 is 16.1 Å². The maximum atomic E-state index is 12.8. The van der Waals surface area contributed by atoms with Gasteiger partial charge in [0, 0.05) is 25.2 Å². The lowest BCUT2D eigenvalue weighted by Crippen LogP contribution is -2.36. The minimum atomic E-state index is -3.36. The Balaban J connectivity index is 1.81. The number of hydrogen-bond acceptors (Lipinski definition) is 5. The van der Waals surface area contributed by atoms with Gasteiger partial charge in [-0.2, -0.15) is 0 Å². The zero-order chi connectivity index (χ0) is 18.0. The first-order valence-corrected chi connectivity index (χ1v) is 9.45. The Labute approximate surface area is 145 Å². The summed E-state index contributed by atoms with van der Waals surface area (Å²) in [7, 11) is -3.36. The molecule has 0 bridgehead atoms. The second-order valence-electron chi connectivity index (χ2n) is 5.80. The van der Waals surface area contributed by atoms with Gasteiger partial charge in [0.2, 0.25) is 15.9 Å². The summed E-state index contributed by atoms with van der Waals surface area (Å²) in [6.07, 6.45) is 0. The molecule has 0 spiro atoms. The molecule has 2 N–H and O–H groups in total. The first kappa shape index (κ1) is 17.4. The van der Waals surface area contributed by atoms with Crippen LogP contribution in [0.2, 0.25) is 0 Å². The minimum absolute atomic E-state index is 0.00301. The third kappa shape index (κ3) is 3.80. The second kappa shape index (κ2) is 6.81. The van der Waals surface area contributed by atoms with E-state index in [0.29, 0.717) is 11.1 Å². The lowest BCUT2D eigenvalue weighted by Gasteiger charge is -2.22. The monoisotopic (exact) mass is 366 g/mol. The number of urea groups is 1. The SMILES string of the molecule is O=C(c1ccccc1CN1C(=O)CNC1=O)N1CCNS(=O)(=O)CC1. The summed E-state index contributed by atoms with van der Waals surface area (Å²) in [4.78, 5) is 38.8. The molecule has 1 aromatic carbocycles. The van der Waals surface area contributed by atoms with Gasteiger partial charge in [-0.25, -0.2) is 17.9 Å². The molecule has 2 aliphatic heterocycles. The Morgan fingerprint density at radius 2 is 1.92 bits per heavy atom. The summed E-state index contributed by atoms with van der Waals surface area (Å²) in [5.41, 5.74) is 0.896. The van der Waals surface area contributed by atoms with Gasteiger partial charge in [0.25, 0.3) is 5.91 Å². The van der Waals surface area contributed by atoms with Crippen molar-refractivity contribution in [2.24, 2.45) is 0 Å². The fraction of sp³-hybridized carbons (Fsp3) is 0.400.